The van der Waals surface area contributed by atoms with Crippen LogP contribution >= 0.6 is 11.3 Å². The second-order valence-corrected chi connectivity index (χ2v) is 5.02. The van der Waals surface area contributed by atoms with Crippen LogP contribution in [0, 0.1) is 0 Å². The second kappa shape index (κ2) is 5.84. The third kappa shape index (κ3) is 2.61. The quantitative estimate of drug-likeness (QED) is 0.933. The first-order valence-electron chi connectivity index (χ1n) is 6.25. The minimum atomic E-state index is -0.0115. The van der Waals surface area contributed by atoms with Crippen LogP contribution in [0.4, 0.5) is 5.00 Å². The molecule has 0 bridgehead atoms. The molecular weight excluding hydrogens is 258 g/mol. The fourth-order valence-electron chi connectivity index (χ4n) is 2.00. The number of carbonyl (C=O) groups is 1. The van der Waals surface area contributed by atoms with E-state index in [1.807, 2.05) is 31.4 Å². The third-order valence-electron chi connectivity index (χ3n) is 3.06. The fourth-order valence-corrected chi connectivity index (χ4v) is 2.81. The molecule has 2 rings (SSSR count). The standard InChI is InChI=1S/C14H17N3OS/c1-3-17(4-2)14(18)12-11(9-19-13(12)15)10-6-5-7-16-8-10/h5-9H,3-4,15H2,1-2H3. The van der Waals surface area contributed by atoms with Crippen LogP contribution in [0.25, 0.3) is 11.1 Å². The van der Waals surface area contributed by atoms with E-state index in [0.29, 0.717) is 23.7 Å². The number of aromatic nitrogens is 1. The highest BCUT2D eigenvalue weighted by Crippen LogP contribution is 2.34. The molecule has 4 nitrogen and oxygen atoms in total. The molecule has 2 N–H and O–H groups in total. The van der Waals surface area contributed by atoms with Gasteiger partial charge in [-0.15, -0.1) is 11.3 Å². The maximum Gasteiger partial charge on any atom is 0.257 e. The number of hydrogen-bond acceptors (Lipinski definition) is 4. The summed E-state index contributed by atoms with van der Waals surface area (Å²) < 4.78 is 0. The number of carbonyl (C=O) groups excluding carboxylic acids is 1. The van der Waals surface area contributed by atoms with E-state index < -0.39 is 0 Å². The van der Waals surface area contributed by atoms with E-state index in [9.17, 15) is 4.79 Å². The lowest BCUT2D eigenvalue weighted by Gasteiger charge is -2.19. The summed E-state index contributed by atoms with van der Waals surface area (Å²) in [6.07, 6.45) is 3.46. The topological polar surface area (TPSA) is 59.2 Å². The Hall–Kier alpha value is -1.88. The van der Waals surface area contributed by atoms with E-state index in [-0.39, 0.29) is 5.91 Å². The number of anilines is 1. The van der Waals surface area contributed by atoms with Crippen LogP contribution in [0.2, 0.25) is 0 Å². The van der Waals surface area contributed by atoms with Crippen LogP contribution in [-0.4, -0.2) is 28.9 Å². The van der Waals surface area contributed by atoms with Crippen LogP contribution in [0.5, 0.6) is 0 Å². The summed E-state index contributed by atoms with van der Waals surface area (Å²) in [4.78, 5) is 18.4. The fraction of sp³-hybridized carbons (Fsp3) is 0.286. The van der Waals surface area contributed by atoms with Gasteiger partial charge in [0.2, 0.25) is 0 Å². The molecule has 2 aromatic rings. The molecule has 0 atom stereocenters. The Kier molecular flexibility index (Phi) is 4.16. The molecule has 19 heavy (non-hydrogen) atoms. The molecule has 0 aliphatic carbocycles. The molecule has 0 unspecified atom stereocenters. The molecule has 0 aliphatic heterocycles. The number of nitrogen functional groups attached to an aromatic ring is 1. The van der Waals surface area contributed by atoms with Crippen LogP contribution in [-0.2, 0) is 0 Å². The molecule has 100 valence electrons. The number of amides is 1. The summed E-state index contributed by atoms with van der Waals surface area (Å²) in [5, 5.41) is 2.49. The average Bonchev–Trinajstić information content (AvgIpc) is 2.83. The predicted molar refractivity (Wildman–Crippen MR) is 79.2 cm³/mol. The molecule has 0 saturated heterocycles. The van der Waals surface area contributed by atoms with Gasteiger partial charge in [0, 0.05) is 42.0 Å². The lowest BCUT2D eigenvalue weighted by atomic mass is 10.1. The van der Waals surface area contributed by atoms with Crippen molar-refractivity contribution in [2.75, 3.05) is 18.8 Å². The second-order valence-electron chi connectivity index (χ2n) is 4.11. The summed E-state index contributed by atoms with van der Waals surface area (Å²) in [5.41, 5.74) is 8.37. The maximum absolute atomic E-state index is 12.5. The Balaban J connectivity index is 2.47. The van der Waals surface area contributed by atoms with Gasteiger partial charge in [-0.2, -0.15) is 0 Å². The van der Waals surface area contributed by atoms with Crippen molar-refractivity contribution in [1.29, 1.82) is 0 Å². The first-order valence-corrected chi connectivity index (χ1v) is 7.13. The van der Waals surface area contributed by atoms with Gasteiger partial charge in [-0.3, -0.25) is 9.78 Å². The number of rotatable bonds is 4. The van der Waals surface area contributed by atoms with E-state index in [1.54, 1.807) is 17.3 Å². The van der Waals surface area contributed by atoms with Gasteiger partial charge in [0.05, 0.1) is 10.6 Å². The number of pyridine rings is 1. The predicted octanol–water partition coefficient (Wildman–Crippen LogP) is 2.87. The first-order chi connectivity index (χ1) is 9.19. The Morgan fingerprint density at radius 2 is 2.16 bits per heavy atom. The van der Waals surface area contributed by atoms with Crippen molar-refractivity contribution < 1.29 is 4.79 Å². The zero-order valence-corrected chi connectivity index (χ0v) is 11.9. The molecular formula is C14H17N3OS. The normalized spacial score (nSPS) is 10.4. The molecule has 5 heteroatoms. The van der Waals surface area contributed by atoms with Gasteiger partial charge in [0.25, 0.3) is 5.91 Å². The minimum Gasteiger partial charge on any atom is -0.390 e. The Morgan fingerprint density at radius 3 is 2.74 bits per heavy atom. The SMILES string of the molecule is CCN(CC)C(=O)c1c(-c2cccnc2)csc1N. The van der Waals surface area contributed by atoms with E-state index in [0.717, 1.165) is 11.1 Å². The molecule has 0 spiro atoms. The highest BCUT2D eigenvalue weighted by atomic mass is 32.1. The Morgan fingerprint density at radius 1 is 1.42 bits per heavy atom. The van der Waals surface area contributed by atoms with Gasteiger partial charge in [-0.1, -0.05) is 6.07 Å². The molecule has 0 saturated carbocycles. The molecule has 0 radical (unpaired) electrons. The van der Waals surface area contributed by atoms with Crippen LogP contribution in [0.1, 0.15) is 24.2 Å². The lowest BCUT2D eigenvalue weighted by molar-refractivity contribution is 0.0775. The monoisotopic (exact) mass is 275 g/mol. The maximum atomic E-state index is 12.5. The lowest BCUT2D eigenvalue weighted by Crippen LogP contribution is -2.31. The van der Waals surface area contributed by atoms with Crippen molar-refractivity contribution in [2.24, 2.45) is 0 Å². The number of thiophene rings is 1. The van der Waals surface area contributed by atoms with Crippen molar-refractivity contribution in [3.8, 4) is 11.1 Å². The molecule has 0 aromatic carbocycles. The summed E-state index contributed by atoms with van der Waals surface area (Å²) >= 11 is 1.40. The summed E-state index contributed by atoms with van der Waals surface area (Å²) in [6, 6.07) is 3.79. The third-order valence-corrected chi connectivity index (χ3v) is 3.87. The number of hydrogen-bond donors (Lipinski definition) is 1. The number of nitrogens with two attached hydrogens (primary N) is 1. The number of nitrogens with zero attached hydrogens (tertiary/aromatic N) is 2. The van der Waals surface area contributed by atoms with Crippen molar-refractivity contribution in [3.05, 3.63) is 35.5 Å². The van der Waals surface area contributed by atoms with Crippen molar-refractivity contribution in [2.45, 2.75) is 13.8 Å². The van der Waals surface area contributed by atoms with E-state index in [4.69, 9.17) is 5.73 Å². The molecule has 0 fully saturated rings. The zero-order chi connectivity index (χ0) is 13.8. The minimum absolute atomic E-state index is 0.0115. The van der Waals surface area contributed by atoms with Crippen LogP contribution < -0.4 is 5.73 Å². The van der Waals surface area contributed by atoms with E-state index in [2.05, 4.69) is 4.98 Å². The zero-order valence-electron chi connectivity index (χ0n) is 11.1. The van der Waals surface area contributed by atoms with Crippen LogP contribution in [0.15, 0.2) is 29.9 Å². The Labute approximate surface area is 116 Å². The van der Waals surface area contributed by atoms with Crippen molar-refractivity contribution in [1.82, 2.24) is 9.88 Å². The van der Waals surface area contributed by atoms with Gasteiger partial charge < -0.3 is 10.6 Å². The molecule has 2 heterocycles. The Bertz CT molecular complexity index is 561. The van der Waals surface area contributed by atoms with Crippen molar-refractivity contribution in [3.63, 3.8) is 0 Å². The molecule has 1 amide bonds. The summed E-state index contributed by atoms with van der Waals surface area (Å²) in [5.74, 6) is -0.0115. The van der Waals surface area contributed by atoms with Gasteiger partial charge in [-0.25, -0.2) is 0 Å². The van der Waals surface area contributed by atoms with Crippen LogP contribution in [0.3, 0.4) is 0 Å². The van der Waals surface area contributed by atoms with Gasteiger partial charge in [-0.05, 0) is 19.9 Å². The first kappa shape index (κ1) is 13.5. The highest BCUT2D eigenvalue weighted by molar-refractivity contribution is 7.15. The largest absolute Gasteiger partial charge is 0.390 e. The highest BCUT2D eigenvalue weighted by Gasteiger charge is 2.22. The van der Waals surface area contributed by atoms with Crippen molar-refractivity contribution >= 4 is 22.2 Å². The molecule has 0 aliphatic rings. The van der Waals surface area contributed by atoms with E-state index in [1.165, 1.54) is 11.3 Å². The van der Waals surface area contributed by atoms with Gasteiger partial charge >= 0.3 is 0 Å². The van der Waals surface area contributed by atoms with Gasteiger partial charge in [0.1, 0.15) is 0 Å². The summed E-state index contributed by atoms with van der Waals surface area (Å²) in [6.45, 7) is 5.29. The van der Waals surface area contributed by atoms with Gasteiger partial charge in [0.15, 0.2) is 0 Å². The average molecular weight is 275 g/mol. The molecule has 2 aromatic heterocycles. The van der Waals surface area contributed by atoms with E-state index >= 15 is 0 Å². The smallest absolute Gasteiger partial charge is 0.257 e. The summed E-state index contributed by atoms with van der Waals surface area (Å²) in [7, 11) is 0.